The predicted molar refractivity (Wildman–Crippen MR) is 240 cm³/mol. The van der Waals surface area contributed by atoms with Crippen molar-refractivity contribution in [1.82, 2.24) is 0 Å². The maximum atomic E-state index is 11.4. The Kier molecular flexibility index (Phi) is 56.0. The maximum absolute atomic E-state index is 11.4. The Hall–Kier alpha value is -1.13. The van der Waals surface area contributed by atoms with Gasteiger partial charge in [-0.15, -0.1) is 0 Å². The summed E-state index contributed by atoms with van der Waals surface area (Å²) in [5.74, 6) is -0.496. The van der Waals surface area contributed by atoms with Crippen molar-refractivity contribution in [3.05, 3.63) is 0 Å². The third-order valence-corrected chi connectivity index (χ3v) is 9.20. The average Bonchev–Trinajstić information content (AvgIpc) is 3.29. The summed E-state index contributed by atoms with van der Waals surface area (Å²) in [5.41, 5.74) is 0. The predicted octanol–water partition coefficient (Wildman–Crippen LogP) is 4.97. The minimum absolute atomic E-state index is 0.0656. The van der Waals surface area contributed by atoms with Crippen LogP contribution < -0.4 is 0 Å². The first kappa shape index (κ1) is 61.9. The second-order valence-corrected chi connectivity index (χ2v) is 14.8. The quantitative estimate of drug-likeness (QED) is 0.0615. The smallest absolute Gasteiger partial charge is 0.308 e. The van der Waals surface area contributed by atoms with Crippen molar-refractivity contribution in [3.8, 4) is 0 Å². The summed E-state index contributed by atoms with van der Waals surface area (Å²) >= 11 is 0. The fraction of sp³-hybridized carbons (Fsp3) is 0.978. The number of hydrogen-bond acceptors (Lipinski definition) is 17. The van der Waals surface area contributed by atoms with Crippen molar-refractivity contribution in [3.63, 3.8) is 0 Å². The van der Waals surface area contributed by atoms with Gasteiger partial charge in [0.2, 0.25) is 0 Å². The van der Waals surface area contributed by atoms with Gasteiger partial charge in [-0.2, -0.15) is 0 Å². The van der Waals surface area contributed by atoms with Crippen LogP contribution in [0.4, 0.5) is 0 Å². The largest absolute Gasteiger partial charge is 0.463 e. The summed E-state index contributed by atoms with van der Waals surface area (Å²) in [6, 6.07) is 0. The molecule has 0 saturated carbocycles. The molecule has 1 atom stereocenters. The van der Waals surface area contributed by atoms with E-state index in [0.717, 1.165) is 13.0 Å². The van der Waals surface area contributed by atoms with Crippen LogP contribution in [0.5, 0.6) is 0 Å². The Morgan fingerprint density at radius 3 is 0.810 bits per heavy atom. The number of rotatable bonds is 57. The number of esters is 1. The van der Waals surface area contributed by atoms with E-state index in [2.05, 4.69) is 6.92 Å². The van der Waals surface area contributed by atoms with Gasteiger partial charge in [0.25, 0.3) is 0 Å². The number of aliphatic hydroxyl groups is 2. The van der Waals surface area contributed by atoms with Gasteiger partial charge in [-0.3, -0.25) is 4.79 Å². The first-order valence-electron chi connectivity index (χ1n) is 24.2. The molecule has 0 fully saturated rings. The SMILES string of the molecule is CCCCCCCCCCCCCCCCOCCOCCOCCOCCOCCOCCOCCOCCOCCOCCOCCOCCOCCC(=O)OCC(O)CO. The van der Waals surface area contributed by atoms with Crippen LogP contribution in [-0.4, -0.2) is 207 Å². The van der Waals surface area contributed by atoms with Gasteiger partial charge in [0, 0.05) is 6.61 Å². The Labute approximate surface area is 381 Å². The van der Waals surface area contributed by atoms with Gasteiger partial charge in [-0.05, 0) is 6.42 Å². The molecule has 0 bridgehead atoms. The molecule has 0 aliphatic carbocycles. The van der Waals surface area contributed by atoms with Gasteiger partial charge in [-0.1, -0.05) is 90.4 Å². The van der Waals surface area contributed by atoms with Crippen LogP contribution in [0.15, 0.2) is 0 Å². The number of hydrogen-bond donors (Lipinski definition) is 2. The molecular formula is C46H92O17. The molecule has 0 spiro atoms. The number of carbonyl (C=O) groups is 1. The van der Waals surface area contributed by atoms with Gasteiger partial charge in [0.1, 0.15) is 12.7 Å². The Morgan fingerprint density at radius 1 is 0.333 bits per heavy atom. The lowest BCUT2D eigenvalue weighted by atomic mass is 10.0. The third-order valence-electron chi connectivity index (χ3n) is 9.20. The monoisotopic (exact) mass is 917 g/mol. The van der Waals surface area contributed by atoms with Gasteiger partial charge in [0.15, 0.2) is 0 Å². The zero-order valence-electron chi connectivity index (χ0n) is 39.5. The molecule has 17 heteroatoms. The average molecular weight is 917 g/mol. The van der Waals surface area contributed by atoms with Crippen LogP contribution in [0.2, 0.25) is 0 Å². The maximum Gasteiger partial charge on any atom is 0.308 e. The van der Waals surface area contributed by atoms with E-state index in [0.29, 0.717) is 159 Å². The fourth-order valence-corrected chi connectivity index (χ4v) is 5.61. The zero-order valence-corrected chi connectivity index (χ0v) is 39.5. The standard InChI is InChI=1S/C46H92O17/c1-2-3-4-5-6-7-8-9-10-11-12-13-14-15-17-50-19-21-52-23-25-54-27-29-56-31-33-58-35-37-60-39-41-62-42-40-61-38-36-59-34-32-57-30-28-55-26-24-53-22-20-51-18-16-46(49)63-44-45(48)43-47/h45,47-48H,2-44H2,1H3. The lowest BCUT2D eigenvalue weighted by molar-refractivity contribution is -0.148. The van der Waals surface area contributed by atoms with Crippen LogP contribution in [0, 0.1) is 0 Å². The highest BCUT2D eigenvalue weighted by atomic mass is 16.6. The molecule has 0 amide bonds. The minimum atomic E-state index is -1.06. The molecule has 0 aromatic carbocycles. The molecular weight excluding hydrogens is 824 g/mol. The fourth-order valence-electron chi connectivity index (χ4n) is 5.61. The number of carbonyl (C=O) groups excluding carboxylic acids is 1. The van der Waals surface area contributed by atoms with Crippen molar-refractivity contribution < 1.29 is 81.3 Å². The highest BCUT2D eigenvalue weighted by Gasteiger charge is 2.07. The summed E-state index contributed by atoms with van der Waals surface area (Å²) in [6.45, 7) is 14.4. The van der Waals surface area contributed by atoms with E-state index >= 15 is 0 Å². The van der Waals surface area contributed by atoms with E-state index in [1.54, 1.807) is 0 Å². The Morgan fingerprint density at radius 2 is 0.556 bits per heavy atom. The second-order valence-electron chi connectivity index (χ2n) is 14.8. The molecule has 17 nitrogen and oxygen atoms in total. The lowest BCUT2D eigenvalue weighted by Crippen LogP contribution is -2.22. The van der Waals surface area contributed by atoms with Crippen molar-refractivity contribution in [2.24, 2.45) is 0 Å². The summed E-state index contributed by atoms with van der Waals surface area (Å²) in [5, 5.41) is 17.8. The molecule has 63 heavy (non-hydrogen) atoms. The molecule has 1 unspecified atom stereocenters. The number of ether oxygens (including phenoxy) is 14. The molecule has 0 heterocycles. The van der Waals surface area contributed by atoms with Crippen molar-refractivity contribution >= 4 is 5.97 Å². The van der Waals surface area contributed by atoms with Gasteiger partial charge < -0.3 is 76.5 Å². The van der Waals surface area contributed by atoms with Crippen LogP contribution in [-0.2, 0) is 71.1 Å². The van der Waals surface area contributed by atoms with E-state index < -0.39 is 18.7 Å². The van der Waals surface area contributed by atoms with Crippen LogP contribution in [0.1, 0.15) is 103 Å². The normalized spacial score (nSPS) is 12.1. The molecule has 2 N–H and O–H groups in total. The molecule has 0 radical (unpaired) electrons. The Bertz CT molecular complexity index is 847. The van der Waals surface area contributed by atoms with Crippen molar-refractivity contribution in [1.29, 1.82) is 0 Å². The summed E-state index contributed by atoms with van der Waals surface area (Å²) in [6.07, 6.45) is 18.2. The van der Waals surface area contributed by atoms with Crippen LogP contribution in [0.3, 0.4) is 0 Å². The topological polar surface area (TPSA) is 187 Å². The molecule has 0 aromatic heterocycles. The molecule has 0 aliphatic rings. The first-order chi connectivity index (χ1) is 31.2. The van der Waals surface area contributed by atoms with Crippen LogP contribution >= 0.6 is 0 Å². The lowest BCUT2D eigenvalue weighted by Gasteiger charge is -2.09. The van der Waals surface area contributed by atoms with Gasteiger partial charge >= 0.3 is 5.97 Å². The number of aliphatic hydroxyl groups excluding tert-OH is 2. The molecule has 0 saturated heterocycles. The minimum Gasteiger partial charge on any atom is -0.463 e. The molecule has 0 aromatic rings. The molecule has 0 rings (SSSR count). The summed E-state index contributed by atoms with van der Waals surface area (Å²) in [4.78, 5) is 11.4. The third kappa shape index (κ3) is 56.9. The highest BCUT2D eigenvalue weighted by Crippen LogP contribution is 2.13. The molecule has 0 aliphatic heterocycles. The van der Waals surface area contributed by atoms with Gasteiger partial charge in [0.05, 0.1) is 178 Å². The van der Waals surface area contributed by atoms with Crippen molar-refractivity contribution in [2.75, 3.05) is 185 Å². The molecule has 378 valence electrons. The van der Waals surface area contributed by atoms with Crippen molar-refractivity contribution in [2.45, 2.75) is 109 Å². The first-order valence-corrected chi connectivity index (χ1v) is 24.2. The number of unbranched alkanes of at least 4 members (excludes halogenated alkanes) is 13. The van der Waals surface area contributed by atoms with E-state index in [9.17, 15) is 4.79 Å². The van der Waals surface area contributed by atoms with E-state index in [1.165, 1.54) is 83.5 Å². The second kappa shape index (κ2) is 57.0. The Balaban J connectivity index is 3.09. The van der Waals surface area contributed by atoms with Crippen LogP contribution in [0.25, 0.3) is 0 Å². The summed E-state index contributed by atoms with van der Waals surface area (Å²) in [7, 11) is 0. The van der Waals surface area contributed by atoms with E-state index in [4.69, 9.17) is 76.5 Å². The van der Waals surface area contributed by atoms with Gasteiger partial charge in [-0.25, -0.2) is 0 Å². The van der Waals surface area contributed by atoms with E-state index in [1.807, 2.05) is 0 Å². The zero-order chi connectivity index (χ0) is 45.5. The highest BCUT2D eigenvalue weighted by molar-refractivity contribution is 5.69. The van der Waals surface area contributed by atoms with E-state index in [-0.39, 0.29) is 19.6 Å². The summed E-state index contributed by atoms with van der Waals surface area (Å²) < 4.78 is 76.2.